The van der Waals surface area contributed by atoms with E-state index in [1.165, 1.54) is 5.69 Å². The van der Waals surface area contributed by atoms with E-state index in [1.54, 1.807) is 0 Å². The van der Waals surface area contributed by atoms with Gasteiger partial charge in [0, 0.05) is 30.1 Å². The molecule has 1 heterocycles. The number of carbonyl (C=O) groups excluding carboxylic acids is 1. The highest BCUT2D eigenvalue weighted by Crippen LogP contribution is 2.37. The van der Waals surface area contributed by atoms with Crippen LogP contribution in [0.5, 0.6) is 0 Å². The van der Waals surface area contributed by atoms with Crippen molar-refractivity contribution in [3.05, 3.63) is 24.0 Å². The van der Waals surface area contributed by atoms with Gasteiger partial charge in [0.15, 0.2) is 0 Å². The summed E-state index contributed by atoms with van der Waals surface area (Å²) in [6.45, 7) is 2.16. The topological polar surface area (TPSA) is 32.9 Å². The van der Waals surface area contributed by atoms with Gasteiger partial charge in [-0.25, -0.2) is 0 Å². The first-order chi connectivity index (χ1) is 5.71. The number of ketones is 1. The van der Waals surface area contributed by atoms with Crippen molar-refractivity contribution >= 4 is 5.78 Å². The van der Waals surface area contributed by atoms with Crippen LogP contribution in [0.2, 0.25) is 0 Å². The van der Waals surface area contributed by atoms with E-state index in [-0.39, 0.29) is 5.41 Å². The minimum absolute atomic E-state index is 0.0839. The Kier molecular flexibility index (Phi) is 1.56. The number of Topliss-reactive ketones (excluding diaryl/α,β-unsaturated/α-hetero) is 1. The van der Waals surface area contributed by atoms with Crippen molar-refractivity contribution < 1.29 is 4.79 Å². The van der Waals surface area contributed by atoms with E-state index in [4.69, 9.17) is 0 Å². The third-order valence-electron chi connectivity index (χ3n) is 2.79. The lowest BCUT2D eigenvalue weighted by Crippen LogP contribution is -2.17. The summed E-state index contributed by atoms with van der Waals surface area (Å²) < 4.78 is 0. The van der Waals surface area contributed by atoms with E-state index >= 15 is 0 Å². The van der Waals surface area contributed by atoms with Gasteiger partial charge in [-0.3, -0.25) is 4.79 Å². The molecule has 0 aromatic carbocycles. The maximum atomic E-state index is 11.1. The summed E-state index contributed by atoms with van der Waals surface area (Å²) >= 11 is 0. The average Bonchev–Trinajstić information content (AvgIpc) is 2.59. The molecule has 0 spiro atoms. The van der Waals surface area contributed by atoms with Crippen molar-refractivity contribution in [2.45, 2.75) is 31.6 Å². The van der Waals surface area contributed by atoms with Gasteiger partial charge in [-0.2, -0.15) is 0 Å². The molecule has 1 saturated carbocycles. The molecule has 12 heavy (non-hydrogen) atoms. The molecule has 2 heteroatoms. The molecule has 1 aliphatic rings. The fourth-order valence-corrected chi connectivity index (χ4v) is 1.96. The summed E-state index contributed by atoms with van der Waals surface area (Å²) in [7, 11) is 0. The molecule has 1 aromatic rings. The highest BCUT2D eigenvalue weighted by atomic mass is 16.1. The van der Waals surface area contributed by atoms with Gasteiger partial charge in [0.2, 0.25) is 0 Å². The highest BCUT2D eigenvalue weighted by molar-refractivity contribution is 5.82. The lowest BCUT2D eigenvalue weighted by Gasteiger charge is -2.20. The van der Waals surface area contributed by atoms with E-state index in [2.05, 4.69) is 18.0 Å². The van der Waals surface area contributed by atoms with Crippen molar-refractivity contribution in [1.29, 1.82) is 0 Å². The zero-order valence-corrected chi connectivity index (χ0v) is 7.26. The van der Waals surface area contributed by atoms with Gasteiger partial charge < -0.3 is 4.98 Å². The van der Waals surface area contributed by atoms with Crippen LogP contribution in [0.15, 0.2) is 18.3 Å². The molecule has 1 unspecified atom stereocenters. The van der Waals surface area contributed by atoms with E-state index in [9.17, 15) is 4.79 Å². The van der Waals surface area contributed by atoms with Gasteiger partial charge in [0.05, 0.1) is 0 Å². The Hall–Kier alpha value is -1.05. The summed E-state index contributed by atoms with van der Waals surface area (Å²) in [5, 5.41) is 0. The van der Waals surface area contributed by atoms with Crippen molar-refractivity contribution in [2.24, 2.45) is 0 Å². The molecule has 0 radical (unpaired) electrons. The average molecular weight is 163 g/mol. The Morgan fingerprint density at radius 3 is 2.92 bits per heavy atom. The van der Waals surface area contributed by atoms with Crippen LogP contribution in [-0.4, -0.2) is 10.8 Å². The van der Waals surface area contributed by atoms with Crippen LogP contribution in [0.4, 0.5) is 0 Å². The molecule has 0 amide bonds. The molecule has 64 valence electrons. The van der Waals surface area contributed by atoms with E-state index in [1.807, 2.05) is 12.3 Å². The van der Waals surface area contributed by atoms with Gasteiger partial charge in [-0.15, -0.1) is 0 Å². The van der Waals surface area contributed by atoms with Gasteiger partial charge >= 0.3 is 0 Å². The largest absolute Gasteiger partial charge is 0.365 e. The zero-order chi connectivity index (χ0) is 8.60. The predicted octanol–water partition coefficient (Wildman–Crippen LogP) is 2.03. The second kappa shape index (κ2) is 2.47. The minimum atomic E-state index is 0.0839. The Morgan fingerprint density at radius 1 is 1.58 bits per heavy atom. The first-order valence-corrected chi connectivity index (χ1v) is 4.36. The predicted molar refractivity (Wildman–Crippen MR) is 47.0 cm³/mol. The monoisotopic (exact) mass is 163 g/mol. The first-order valence-electron chi connectivity index (χ1n) is 4.36. The number of aromatic amines is 1. The molecule has 0 bridgehead atoms. The summed E-state index contributed by atoms with van der Waals surface area (Å²) in [5.41, 5.74) is 1.29. The number of carbonyl (C=O) groups is 1. The first kappa shape index (κ1) is 7.59. The van der Waals surface area contributed by atoms with Gasteiger partial charge in [-0.1, -0.05) is 6.92 Å². The number of H-pyrrole nitrogens is 1. The lowest BCUT2D eigenvalue weighted by atomic mass is 9.85. The lowest BCUT2D eigenvalue weighted by molar-refractivity contribution is -0.117. The summed E-state index contributed by atoms with van der Waals surface area (Å²) in [6.07, 6.45) is 4.36. The molecule has 1 fully saturated rings. The van der Waals surface area contributed by atoms with Crippen molar-refractivity contribution in [3.63, 3.8) is 0 Å². The molecule has 2 nitrogen and oxygen atoms in total. The molecular formula is C10H13NO. The van der Waals surface area contributed by atoms with Gasteiger partial charge in [0.1, 0.15) is 5.78 Å². The van der Waals surface area contributed by atoms with Crippen molar-refractivity contribution in [3.8, 4) is 0 Å². The maximum Gasteiger partial charge on any atom is 0.133 e. The second-order valence-electron chi connectivity index (χ2n) is 3.86. The standard InChI is InChI=1S/C10H13NO/c1-10(5-4-8(12)7-10)9-3-2-6-11-9/h2-3,6,11H,4-5,7H2,1H3. The molecule has 1 aromatic heterocycles. The van der Waals surface area contributed by atoms with Crippen molar-refractivity contribution in [2.75, 3.05) is 0 Å². The van der Waals surface area contributed by atoms with Crippen LogP contribution in [-0.2, 0) is 10.2 Å². The second-order valence-corrected chi connectivity index (χ2v) is 3.86. The maximum absolute atomic E-state index is 11.1. The third-order valence-corrected chi connectivity index (χ3v) is 2.79. The van der Waals surface area contributed by atoms with Crippen LogP contribution >= 0.6 is 0 Å². The normalized spacial score (nSPS) is 29.6. The molecule has 2 rings (SSSR count). The summed E-state index contributed by atoms with van der Waals surface area (Å²) in [4.78, 5) is 14.3. The molecular weight excluding hydrogens is 150 g/mol. The number of hydrogen-bond donors (Lipinski definition) is 1. The smallest absolute Gasteiger partial charge is 0.133 e. The Balaban J connectivity index is 2.28. The quantitative estimate of drug-likeness (QED) is 0.675. The van der Waals surface area contributed by atoms with Crippen molar-refractivity contribution in [1.82, 2.24) is 4.98 Å². The number of rotatable bonds is 1. The van der Waals surface area contributed by atoms with E-state index in [0.717, 1.165) is 12.8 Å². The minimum Gasteiger partial charge on any atom is -0.365 e. The van der Waals surface area contributed by atoms with Crippen LogP contribution in [0.1, 0.15) is 31.9 Å². The SMILES string of the molecule is CC1(c2ccc[nH]2)CCC(=O)C1. The van der Waals surface area contributed by atoms with Crippen LogP contribution in [0, 0.1) is 0 Å². The van der Waals surface area contributed by atoms with Gasteiger partial charge in [-0.05, 0) is 18.6 Å². The number of hydrogen-bond acceptors (Lipinski definition) is 1. The fourth-order valence-electron chi connectivity index (χ4n) is 1.96. The molecule has 1 aliphatic carbocycles. The highest BCUT2D eigenvalue weighted by Gasteiger charge is 2.35. The summed E-state index contributed by atoms with van der Waals surface area (Å²) in [5.74, 6) is 0.395. The Bertz CT molecular complexity index is 289. The fraction of sp³-hybridized carbons (Fsp3) is 0.500. The zero-order valence-electron chi connectivity index (χ0n) is 7.26. The molecule has 1 N–H and O–H groups in total. The summed E-state index contributed by atoms with van der Waals surface area (Å²) in [6, 6.07) is 4.06. The van der Waals surface area contributed by atoms with Crippen LogP contribution in [0.25, 0.3) is 0 Å². The van der Waals surface area contributed by atoms with Crippen LogP contribution < -0.4 is 0 Å². The number of nitrogens with one attached hydrogen (secondary N) is 1. The van der Waals surface area contributed by atoms with Gasteiger partial charge in [0.25, 0.3) is 0 Å². The molecule has 1 atom stereocenters. The molecule has 0 aliphatic heterocycles. The Labute approximate surface area is 72.0 Å². The third kappa shape index (κ3) is 1.07. The number of aromatic nitrogens is 1. The van der Waals surface area contributed by atoms with E-state index in [0.29, 0.717) is 12.2 Å². The Morgan fingerprint density at radius 2 is 2.42 bits per heavy atom. The van der Waals surface area contributed by atoms with E-state index < -0.39 is 0 Å². The van der Waals surface area contributed by atoms with Crippen LogP contribution in [0.3, 0.4) is 0 Å². The molecule has 0 saturated heterocycles.